The van der Waals surface area contributed by atoms with Crippen molar-refractivity contribution >= 4 is 11.2 Å². The molecule has 0 radical (unpaired) electrons. The number of hydrogen-bond acceptors (Lipinski definition) is 4. The van der Waals surface area contributed by atoms with E-state index in [1.165, 1.54) is 0 Å². The predicted molar refractivity (Wildman–Crippen MR) is 92.8 cm³/mol. The Kier molecular flexibility index (Phi) is 3.69. The lowest BCUT2D eigenvalue weighted by Gasteiger charge is -2.14. The average Bonchev–Trinajstić information content (AvgIpc) is 3.20. The fourth-order valence-electron chi connectivity index (χ4n) is 3.34. The zero-order valence-corrected chi connectivity index (χ0v) is 13.6. The number of alkyl halides is 1. The van der Waals surface area contributed by atoms with Crippen LogP contribution in [0, 0.1) is 6.92 Å². The molecule has 1 aliphatic heterocycles. The normalized spacial score (nSPS) is 17.8. The van der Waals surface area contributed by atoms with Crippen LogP contribution in [0.25, 0.3) is 16.8 Å². The van der Waals surface area contributed by atoms with Crippen molar-refractivity contribution in [2.24, 2.45) is 5.73 Å². The van der Waals surface area contributed by atoms with Crippen molar-refractivity contribution in [3.63, 3.8) is 0 Å². The van der Waals surface area contributed by atoms with Gasteiger partial charge in [-0.1, -0.05) is 12.1 Å². The van der Waals surface area contributed by atoms with E-state index in [0.717, 1.165) is 40.1 Å². The Labute approximate surface area is 139 Å². The van der Waals surface area contributed by atoms with Crippen LogP contribution in [-0.4, -0.2) is 33.9 Å². The summed E-state index contributed by atoms with van der Waals surface area (Å²) in [7, 11) is 0. The Hall–Kier alpha value is -2.47. The zero-order chi connectivity index (χ0) is 16.7. The largest absolute Gasteiger partial charge is 0.367 e. The van der Waals surface area contributed by atoms with Gasteiger partial charge in [-0.3, -0.25) is 0 Å². The minimum atomic E-state index is -0.745. The molecule has 1 atom stereocenters. The Morgan fingerprint density at radius 1 is 1.33 bits per heavy atom. The molecule has 24 heavy (non-hydrogen) atoms. The van der Waals surface area contributed by atoms with E-state index in [-0.39, 0.29) is 0 Å². The Bertz CT molecular complexity index is 888. The van der Waals surface area contributed by atoms with Crippen LogP contribution in [0.1, 0.15) is 17.5 Å². The summed E-state index contributed by atoms with van der Waals surface area (Å²) in [6.07, 6.45) is 3.34. The van der Waals surface area contributed by atoms with Crippen LogP contribution in [0.15, 0.2) is 36.8 Å². The second kappa shape index (κ2) is 5.87. The number of aryl methyl sites for hydroxylation is 1. The molecule has 1 fully saturated rings. The predicted octanol–water partition coefficient (Wildman–Crippen LogP) is 2.71. The van der Waals surface area contributed by atoms with Gasteiger partial charge in [-0.05, 0) is 36.6 Å². The lowest BCUT2D eigenvalue weighted by atomic mass is 10.0. The number of anilines is 1. The van der Waals surface area contributed by atoms with Gasteiger partial charge in [-0.25, -0.2) is 13.9 Å². The van der Waals surface area contributed by atoms with Crippen LogP contribution in [-0.2, 0) is 6.54 Å². The molecule has 2 N–H and O–H groups in total. The fourth-order valence-corrected chi connectivity index (χ4v) is 3.34. The smallest absolute Gasteiger partial charge is 0.137 e. The van der Waals surface area contributed by atoms with E-state index >= 15 is 0 Å². The molecule has 1 aromatic carbocycles. The molecule has 1 unspecified atom stereocenters. The molecule has 124 valence electrons. The highest BCUT2D eigenvalue weighted by Gasteiger charge is 2.23. The van der Waals surface area contributed by atoms with Crippen LogP contribution in [0.4, 0.5) is 10.1 Å². The van der Waals surface area contributed by atoms with Gasteiger partial charge in [0.1, 0.15) is 12.5 Å². The van der Waals surface area contributed by atoms with Crippen molar-refractivity contribution in [3.05, 3.63) is 47.9 Å². The third-order valence-corrected chi connectivity index (χ3v) is 4.72. The summed E-state index contributed by atoms with van der Waals surface area (Å²) in [6, 6.07) is 8.23. The van der Waals surface area contributed by atoms with Crippen molar-refractivity contribution < 1.29 is 4.39 Å². The molecule has 0 bridgehead atoms. The van der Waals surface area contributed by atoms with Crippen LogP contribution in [0.3, 0.4) is 0 Å². The second-order valence-corrected chi connectivity index (χ2v) is 6.31. The number of nitrogens with two attached hydrogens (primary N) is 1. The molecular weight excluding hydrogens is 305 g/mol. The first kappa shape index (κ1) is 15.1. The highest BCUT2D eigenvalue weighted by molar-refractivity contribution is 5.80. The van der Waals surface area contributed by atoms with Crippen LogP contribution in [0.5, 0.6) is 0 Å². The van der Waals surface area contributed by atoms with E-state index in [9.17, 15) is 4.39 Å². The summed E-state index contributed by atoms with van der Waals surface area (Å²) in [5.74, 6) is 0. The molecule has 2 aromatic heterocycles. The van der Waals surface area contributed by atoms with Gasteiger partial charge in [0.15, 0.2) is 0 Å². The standard InChI is InChI=1S/C18H20FN5/c1-12-6-13(2-3-14(12)8-20)18-17-7-16(10-24(17)22-11-21-18)23-5-4-15(19)9-23/h2-3,6-7,10-11,15H,4-5,8-9,20H2,1H3. The van der Waals surface area contributed by atoms with Crippen LogP contribution >= 0.6 is 0 Å². The molecule has 6 heteroatoms. The van der Waals surface area contributed by atoms with Gasteiger partial charge in [-0.15, -0.1) is 0 Å². The molecule has 3 heterocycles. The maximum Gasteiger partial charge on any atom is 0.137 e. The number of hydrogen-bond donors (Lipinski definition) is 1. The number of rotatable bonds is 3. The number of fused-ring (bicyclic) bond motifs is 1. The van der Waals surface area contributed by atoms with E-state index < -0.39 is 6.17 Å². The molecule has 3 aromatic rings. The van der Waals surface area contributed by atoms with Crippen LogP contribution in [0.2, 0.25) is 0 Å². The van der Waals surface area contributed by atoms with Gasteiger partial charge >= 0.3 is 0 Å². The maximum atomic E-state index is 13.5. The van der Waals surface area contributed by atoms with Crippen molar-refractivity contribution in [1.29, 1.82) is 0 Å². The Morgan fingerprint density at radius 2 is 2.21 bits per heavy atom. The summed E-state index contributed by atoms with van der Waals surface area (Å²) >= 11 is 0. The van der Waals surface area contributed by atoms with E-state index in [1.54, 1.807) is 6.33 Å². The molecule has 0 spiro atoms. The Balaban J connectivity index is 1.78. The molecule has 1 saturated heterocycles. The van der Waals surface area contributed by atoms with Gasteiger partial charge in [0.25, 0.3) is 0 Å². The van der Waals surface area contributed by atoms with E-state index in [4.69, 9.17) is 5.73 Å². The van der Waals surface area contributed by atoms with Crippen LogP contribution < -0.4 is 10.6 Å². The van der Waals surface area contributed by atoms with Gasteiger partial charge in [0, 0.05) is 25.2 Å². The van der Waals surface area contributed by atoms with E-state index in [1.807, 2.05) is 28.9 Å². The van der Waals surface area contributed by atoms with Crippen molar-refractivity contribution in [2.45, 2.75) is 26.1 Å². The summed E-state index contributed by atoms with van der Waals surface area (Å²) in [6.45, 7) is 3.77. The van der Waals surface area contributed by atoms with Gasteiger partial charge in [-0.2, -0.15) is 5.10 Å². The van der Waals surface area contributed by atoms with Gasteiger partial charge in [0.05, 0.1) is 23.1 Å². The summed E-state index contributed by atoms with van der Waals surface area (Å²) < 4.78 is 15.3. The molecule has 0 amide bonds. The van der Waals surface area contributed by atoms with Crippen molar-refractivity contribution in [2.75, 3.05) is 18.0 Å². The molecule has 5 nitrogen and oxygen atoms in total. The van der Waals surface area contributed by atoms with Crippen molar-refractivity contribution in [1.82, 2.24) is 14.6 Å². The zero-order valence-electron chi connectivity index (χ0n) is 13.6. The molecule has 0 saturated carbocycles. The number of aromatic nitrogens is 3. The SMILES string of the molecule is Cc1cc(-c2ncnn3cc(N4CCC(F)C4)cc23)ccc1CN. The second-order valence-electron chi connectivity index (χ2n) is 6.31. The number of nitrogens with zero attached hydrogens (tertiary/aromatic N) is 4. The first-order chi connectivity index (χ1) is 11.7. The minimum Gasteiger partial charge on any atom is -0.367 e. The number of benzene rings is 1. The lowest BCUT2D eigenvalue weighted by molar-refractivity contribution is 0.364. The fraction of sp³-hybridized carbons (Fsp3) is 0.333. The quantitative estimate of drug-likeness (QED) is 0.804. The minimum absolute atomic E-state index is 0.448. The molecule has 1 aliphatic rings. The first-order valence-corrected chi connectivity index (χ1v) is 8.18. The third kappa shape index (κ3) is 2.53. The summed E-state index contributed by atoms with van der Waals surface area (Å²) in [5, 5.41) is 4.30. The Morgan fingerprint density at radius 3 is 2.92 bits per heavy atom. The first-order valence-electron chi connectivity index (χ1n) is 8.18. The van der Waals surface area contributed by atoms with E-state index in [0.29, 0.717) is 19.5 Å². The monoisotopic (exact) mass is 325 g/mol. The topological polar surface area (TPSA) is 59.5 Å². The van der Waals surface area contributed by atoms with Crippen molar-refractivity contribution in [3.8, 4) is 11.3 Å². The molecule has 0 aliphatic carbocycles. The molecular formula is C18H20FN5. The maximum absolute atomic E-state index is 13.5. The molecule has 4 rings (SSSR count). The third-order valence-electron chi connectivity index (χ3n) is 4.72. The lowest BCUT2D eigenvalue weighted by Crippen LogP contribution is -2.19. The van der Waals surface area contributed by atoms with Gasteiger partial charge in [0.2, 0.25) is 0 Å². The highest BCUT2D eigenvalue weighted by Crippen LogP contribution is 2.29. The number of halogens is 1. The van der Waals surface area contributed by atoms with E-state index in [2.05, 4.69) is 28.0 Å². The van der Waals surface area contributed by atoms with Gasteiger partial charge < -0.3 is 10.6 Å². The average molecular weight is 325 g/mol. The summed E-state index contributed by atoms with van der Waals surface area (Å²) in [5.41, 5.74) is 11.9. The highest BCUT2D eigenvalue weighted by atomic mass is 19.1. The summed E-state index contributed by atoms with van der Waals surface area (Å²) in [4.78, 5) is 6.53.